The summed E-state index contributed by atoms with van der Waals surface area (Å²) in [4.78, 5) is 21.9. The Morgan fingerprint density at radius 1 is 1.08 bits per heavy atom. The van der Waals surface area contributed by atoms with Crippen LogP contribution in [0.2, 0.25) is 5.02 Å². The molecule has 0 radical (unpaired) electrons. The average molecular weight is 370 g/mol. The molecule has 0 unspecified atom stereocenters. The van der Waals surface area contributed by atoms with Gasteiger partial charge in [0.1, 0.15) is 0 Å². The lowest BCUT2D eigenvalue weighted by Crippen LogP contribution is -2.49. The minimum Gasteiger partial charge on any atom is -0.338 e. The van der Waals surface area contributed by atoms with Crippen molar-refractivity contribution in [2.24, 2.45) is 5.41 Å². The maximum Gasteiger partial charge on any atom is 0.230 e. The number of benzene rings is 1. The molecule has 5 heteroatoms. The molecule has 2 aromatic rings. The Kier molecular flexibility index (Phi) is 4.96. The number of nitrogens with zero attached hydrogens (tertiary/aromatic N) is 3. The molecule has 0 saturated carbocycles. The predicted molar refractivity (Wildman–Crippen MR) is 103 cm³/mol. The molecule has 1 amide bonds. The van der Waals surface area contributed by atoms with Crippen molar-refractivity contribution in [2.45, 2.75) is 32.4 Å². The summed E-state index contributed by atoms with van der Waals surface area (Å²) < 4.78 is 0. The highest BCUT2D eigenvalue weighted by Crippen LogP contribution is 2.41. The van der Waals surface area contributed by atoms with Gasteiger partial charge in [-0.25, -0.2) is 0 Å². The number of pyridine rings is 1. The second kappa shape index (κ2) is 7.37. The van der Waals surface area contributed by atoms with Gasteiger partial charge in [0.05, 0.1) is 5.41 Å². The van der Waals surface area contributed by atoms with Gasteiger partial charge in [0.2, 0.25) is 5.91 Å². The second-order valence-corrected chi connectivity index (χ2v) is 8.00. The minimum absolute atomic E-state index is 0.209. The van der Waals surface area contributed by atoms with Gasteiger partial charge in [-0.1, -0.05) is 29.8 Å². The van der Waals surface area contributed by atoms with E-state index in [4.69, 9.17) is 11.6 Å². The van der Waals surface area contributed by atoms with Crippen LogP contribution in [0.4, 0.5) is 0 Å². The van der Waals surface area contributed by atoms with E-state index in [-0.39, 0.29) is 5.41 Å². The van der Waals surface area contributed by atoms with Gasteiger partial charge in [-0.3, -0.25) is 14.7 Å². The number of halogens is 1. The number of carbonyl (C=O) groups excluding carboxylic acids is 1. The molecule has 3 heterocycles. The predicted octanol–water partition coefficient (Wildman–Crippen LogP) is 3.75. The van der Waals surface area contributed by atoms with Crippen LogP contribution >= 0.6 is 11.6 Å². The average Bonchev–Trinajstić information content (AvgIpc) is 3.04. The van der Waals surface area contributed by atoms with Crippen molar-refractivity contribution in [1.29, 1.82) is 0 Å². The lowest BCUT2D eigenvalue weighted by molar-refractivity contribution is -0.146. The molecule has 0 N–H and O–H groups in total. The molecule has 2 aliphatic rings. The van der Waals surface area contributed by atoms with Gasteiger partial charge in [-0.05, 0) is 55.1 Å². The number of piperidine rings is 1. The molecular weight excluding hydrogens is 346 g/mol. The van der Waals surface area contributed by atoms with E-state index in [1.54, 1.807) is 6.20 Å². The van der Waals surface area contributed by atoms with E-state index in [0.29, 0.717) is 12.5 Å². The first-order chi connectivity index (χ1) is 12.6. The molecule has 4 nitrogen and oxygen atoms in total. The molecule has 0 bridgehead atoms. The van der Waals surface area contributed by atoms with Crippen LogP contribution in [-0.4, -0.2) is 40.3 Å². The Hall–Kier alpha value is -1.91. The number of carbonyl (C=O) groups is 1. The van der Waals surface area contributed by atoms with Crippen molar-refractivity contribution in [3.8, 4) is 0 Å². The molecule has 136 valence electrons. The summed E-state index contributed by atoms with van der Waals surface area (Å²) in [5.74, 6) is 0.321. The van der Waals surface area contributed by atoms with E-state index in [9.17, 15) is 4.79 Å². The summed E-state index contributed by atoms with van der Waals surface area (Å²) in [6, 6.07) is 12.0. The van der Waals surface area contributed by atoms with Crippen molar-refractivity contribution >= 4 is 17.5 Å². The van der Waals surface area contributed by atoms with E-state index in [1.807, 2.05) is 41.4 Å². The number of amides is 1. The maximum absolute atomic E-state index is 13.3. The van der Waals surface area contributed by atoms with Crippen molar-refractivity contribution in [3.05, 3.63) is 64.9 Å². The molecular formula is C21H24ClN3O. The van der Waals surface area contributed by atoms with Crippen molar-refractivity contribution in [2.75, 3.05) is 19.6 Å². The third kappa shape index (κ3) is 3.62. The molecule has 1 atom stereocenters. The monoisotopic (exact) mass is 369 g/mol. The second-order valence-electron chi connectivity index (χ2n) is 7.56. The van der Waals surface area contributed by atoms with Gasteiger partial charge in [-0.2, -0.15) is 0 Å². The lowest BCUT2D eigenvalue weighted by atomic mass is 9.78. The fourth-order valence-corrected chi connectivity index (χ4v) is 4.59. The first-order valence-electron chi connectivity index (χ1n) is 9.30. The van der Waals surface area contributed by atoms with Gasteiger partial charge in [0.25, 0.3) is 0 Å². The molecule has 1 spiro atoms. The van der Waals surface area contributed by atoms with E-state index in [2.05, 4.69) is 16.0 Å². The summed E-state index contributed by atoms with van der Waals surface area (Å²) in [5, 5.41) is 0.771. The van der Waals surface area contributed by atoms with Crippen molar-refractivity contribution in [3.63, 3.8) is 0 Å². The molecule has 26 heavy (non-hydrogen) atoms. The standard InChI is InChI=1S/C21H24ClN3O/c22-19-6-1-4-17(12-19)14-24-11-8-21(16-24)7-3-10-25(20(21)26)15-18-5-2-9-23-13-18/h1-2,4-6,9,12-13H,3,7-8,10-11,14-16H2/t21-/m1/s1. The summed E-state index contributed by atoms with van der Waals surface area (Å²) in [7, 11) is 0. The van der Waals surface area contributed by atoms with Gasteiger partial charge in [-0.15, -0.1) is 0 Å². The number of hydrogen-bond acceptors (Lipinski definition) is 3. The highest BCUT2D eigenvalue weighted by Gasteiger charge is 2.48. The van der Waals surface area contributed by atoms with Crippen LogP contribution in [0.3, 0.4) is 0 Å². The molecule has 2 aliphatic heterocycles. The fourth-order valence-electron chi connectivity index (χ4n) is 4.38. The van der Waals surface area contributed by atoms with Crippen LogP contribution in [0, 0.1) is 5.41 Å². The van der Waals surface area contributed by atoms with Crippen LogP contribution in [0.25, 0.3) is 0 Å². The Morgan fingerprint density at radius 2 is 1.96 bits per heavy atom. The highest BCUT2D eigenvalue weighted by atomic mass is 35.5. The molecule has 2 saturated heterocycles. The number of rotatable bonds is 4. The smallest absolute Gasteiger partial charge is 0.230 e. The van der Waals surface area contributed by atoms with E-state index in [1.165, 1.54) is 5.56 Å². The maximum atomic E-state index is 13.3. The quantitative estimate of drug-likeness (QED) is 0.823. The zero-order valence-electron chi connectivity index (χ0n) is 14.9. The van der Waals surface area contributed by atoms with Crippen LogP contribution in [0.1, 0.15) is 30.4 Å². The van der Waals surface area contributed by atoms with Crippen LogP contribution in [0.5, 0.6) is 0 Å². The first kappa shape index (κ1) is 17.5. The Labute approximate surface area is 159 Å². The molecule has 1 aromatic carbocycles. The largest absolute Gasteiger partial charge is 0.338 e. The van der Waals surface area contributed by atoms with Gasteiger partial charge in [0, 0.05) is 43.6 Å². The topological polar surface area (TPSA) is 36.4 Å². The highest BCUT2D eigenvalue weighted by molar-refractivity contribution is 6.30. The Morgan fingerprint density at radius 3 is 2.77 bits per heavy atom. The van der Waals surface area contributed by atoms with E-state index >= 15 is 0 Å². The van der Waals surface area contributed by atoms with Crippen molar-refractivity contribution in [1.82, 2.24) is 14.8 Å². The van der Waals surface area contributed by atoms with E-state index < -0.39 is 0 Å². The van der Waals surface area contributed by atoms with Gasteiger partial charge >= 0.3 is 0 Å². The van der Waals surface area contributed by atoms with Crippen LogP contribution < -0.4 is 0 Å². The summed E-state index contributed by atoms with van der Waals surface area (Å²) in [6.07, 6.45) is 6.66. The fraction of sp³-hybridized carbons (Fsp3) is 0.429. The Bertz CT molecular complexity index is 782. The minimum atomic E-state index is -0.209. The summed E-state index contributed by atoms with van der Waals surface area (Å²) in [6.45, 7) is 4.20. The van der Waals surface area contributed by atoms with Gasteiger partial charge in [0.15, 0.2) is 0 Å². The molecule has 4 rings (SSSR count). The Balaban J connectivity index is 1.44. The summed E-state index contributed by atoms with van der Waals surface area (Å²) >= 11 is 6.11. The number of hydrogen-bond donors (Lipinski definition) is 0. The normalized spacial score (nSPS) is 23.7. The van der Waals surface area contributed by atoms with Crippen LogP contribution in [-0.2, 0) is 17.9 Å². The molecule has 1 aromatic heterocycles. The van der Waals surface area contributed by atoms with E-state index in [0.717, 1.165) is 56.0 Å². The third-order valence-electron chi connectivity index (χ3n) is 5.65. The number of likely N-dealkylation sites (tertiary alicyclic amines) is 2. The molecule has 2 fully saturated rings. The zero-order chi connectivity index (χ0) is 18.0. The SMILES string of the molecule is O=C1N(Cc2cccnc2)CCC[C@]12CCN(Cc1cccc(Cl)c1)C2. The third-order valence-corrected chi connectivity index (χ3v) is 5.88. The number of aromatic nitrogens is 1. The zero-order valence-corrected chi connectivity index (χ0v) is 15.7. The van der Waals surface area contributed by atoms with Crippen LogP contribution in [0.15, 0.2) is 48.8 Å². The van der Waals surface area contributed by atoms with Crippen molar-refractivity contribution < 1.29 is 4.79 Å². The molecule has 0 aliphatic carbocycles. The van der Waals surface area contributed by atoms with Gasteiger partial charge < -0.3 is 4.90 Å². The lowest BCUT2D eigenvalue weighted by Gasteiger charge is -2.39. The summed E-state index contributed by atoms with van der Waals surface area (Å²) in [5.41, 5.74) is 2.11. The first-order valence-corrected chi connectivity index (χ1v) is 9.68.